The Morgan fingerprint density at radius 3 is 2.63 bits per heavy atom. The van der Waals surface area contributed by atoms with E-state index in [1.807, 2.05) is 37.3 Å². The predicted octanol–water partition coefficient (Wildman–Crippen LogP) is 4.05. The van der Waals surface area contributed by atoms with Crippen molar-refractivity contribution in [2.24, 2.45) is 0 Å². The molecule has 0 unspecified atom stereocenters. The van der Waals surface area contributed by atoms with Gasteiger partial charge in [0.1, 0.15) is 5.75 Å². The van der Waals surface area contributed by atoms with Gasteiger partial charge in [0.2, 0.25) is 6.79 Å². The van der Waals surface area contributed by atoms with Crippen LogP contribution in [0.4, 0.5) is 4.79 Å². The summed E-state index contributed by atoms with van der Waals surface area (Å²) < 4.78 is 16.4. The lowest BCUT2D eigenvalue weighted by molar-refractivity contribution is -0.123. The molecule has 138 valence electrons. The monoisotopic (exact) mass is 383 g/mol. The third kappa shape index (κ3) is 3.50. The van der Waals surface area contributed by atoms with Gasteiger partial charge < -0.3 is 14.2 Å². The number of rotatable bonds is 5. The van der Waals surface area contributed by atoms with Crippen molar-refractivity contribution in [1.82, 2.24) is 4.90 Å². The molecule has 0 saturated carbocycles. The molecule has 6 nitrogen and oxygen atoms in total. The van der Waals surface area contributed by atoms with Gasteiger partial charge in [-0.05, 0) is 36.4 Å². The molecule has 2 aliphatic rings. The number of hydrogen-bond acceptors (Lipinski definition) is 6. The minimum Gasteiger partial charge on any atom is -0.493 e. The normalized spacial score (nSPS) is 17.1. The van der Waals surface area contributed by atoms with E-state index < -0.39 is 0 Å². The number of carbonyl (C=O) groups excluding carboxylic acids is 2. The van der Waals surface area contributed by atoms with Crippen molar-refractivity contribution < 1.29 is 23.8 Å². The van der Waals surface area contributed by atoms with E-state index in [-0.39, 0.29) is 24.5 Å². The molecule has 0 spiro atoms. The Balaban J connectivity index is 1.63. The van der Waals surface area contributed by atoms with Gasteiger partial charge in [-0.2, -0.15) is 0 Å². The van der Waals surface area contributed by atoms with Crippen LogP contribution in [-0.4, -0.2) is 29.4 Å². The van der Waals surface area contributed by atoms with Crippen molar-refractivity contribution in [3.63, 3.8) is 0 Å². The number of nitrogens with zero attached hydrogens (tertiary/aromatic N) is 1. The van der Waals surface area contributed by atoms with Crippen LogP contribution in [0.15, 0.2) is 47.4 Å². The van der Waals surface area contributed by atoms with E-state index in [0.717, 1.165) is 17.3 Å². The van der Waals surface area contributed by atoms with Gasteiger partial charge >= 0.3 is 0 Å². The molecule has 4 rings (SSSR count). The highest BCUT2D eigenvalue weighted by atomic mass is 32.2. The fraction of sp³-hybridized carbons (Fsp3) is 0.200. The Morgan fingerprint density at radius 1 is 1.15 bits per heavy atom. The maximum atomic E-state index is 12.7. The van der Waals surface area contributed by atoms with Gasteiger partial charge in [-0.15, -0.1) is 0 Å². The van der Waals surface area contributed by atoms with Crippen LogP contribution >= 0.6 is 11.8 Å². The van der Waals surface area contributed by atoms with Crippen molar-refractivity contribution >= 4 is 29.0 Å². The number of ether oxygens (including phenoxy) is 3. The van der Waals surface area contributed by atoms with Crippen molar-refractivity contribution in [3.8, 4) is 17.2 Å². The average Bonchev–Trinajstić information content (AvgIpc) is 3.22. The van der Waals surface area contributed by atoms with Crippen LogP contribution in [0.25, 0.3) is 6.08 Å². The number of benzene rings is 2. The third-order valence-corrected chi connectivity index (χ3v) is 5.06. The highest BCUT2D eigenvalue weighted by Crippen LogP contribution is 2.41. The molecule has 0 radical (unpaired) electrons. The van der Waals surface area contributed by atoms with E-state index in [1.54, 1.807) is 18.2 Å². The van der Waals surface area contributed by atoms with E-state index >= 15 is 0 Å². The molecule has 2 aliphatic heterocycles. The summed E-state index contributed by atoms with van der Waals surface area (Å²) in [5.74, 6) is 1.46. The van der Waals surface area contributed by atoms with Crippen LogP contribution in [-0.2, 0) is 11.3 Å². The maximum absolute atomic E-state index is 12.7. The minimum absolute atomic E-state index is 0.151. The summed E-state index contributed by atoms with van der Waals surface area (Å²) in [7, 11) is 0. The second kappa shape index (κ2) is 7.36. The lowest BCUT2D eigenvalue weighted by atomic mass is 10.1. The molecule has 0 N–H and O–H groups in total. The fourth-order valence-corrected chi connectivity index (χ4v) is 3.71. The number of imide groups is 1. The molecular formula is C20H17NO5S. The highest BCUT2D eigenvalue weighted by Gasteiger charge is 2.35. The molecule has 0 aromatic heterocycles. The quantitative estimate of drug-likeness (QED) is 0.726. The van der Waals surface area contributed by atoms with Crippen LogP contribution in [0.5, 0.6) is 17.2 Å². The van der Waals surface area contributed by atoms with E-state index in [0.29, 0.717) is 34.3 Å². The standard InChI is InChI=1S/C20H17NO5S/c1-2-24-15-10-17-16(25-12-26-17)8-14(15)9-18-19(22)21(20(23)27-18)11-13-6-4-3-5-7-13/h3-10H,2,11-12H2,1H3. The third-order valence-electron chi connectivity index (χ3n) is 4.15. The predicted molar refractivity (Wildman–Crippen MR) is 102 cm³/mol. The first kappa shape index (κ1) is 17.5. The Bertz CT molecular complexity index is 925. The van der Waals surface area contributed by atoms with E-state index in [4.69, 9.17) is 14.2 Å². The number of amides is 2. The Kier molecular flexibility index (Phi) is 4.77. The van der Waals surface area contributed by atoms with Gasteiger partial charge in [0.25, 0.3) is 11.1 Å². The van der Waals surface area contributed by atoms with Crippen LogP contribution in [0.1, 0.15) is 18.1 Å². The molecule has 0 aliphatic carbocycles. The van der Waals surface area contributed by atoms with Crippen LogP contribution in [0.2, 0.25) is 0 Å². The average molecular weight is 383 g/mol. The van der Waals surface area contributed by atoms with E-state index in [2.05, 4.69) is 0 Å². The number of fused-ring (bicyclic) bond motifs is 1. The molecule has 2 aromatic carbocycles. The van der Waals surface area contributed by atoms with Crippen molar-refractivity contribution in [2.45, 2.75) is 13.5 Å². The SMILES string of the molecule is CCOc1cc2c(cc1C=C1SC(=O)N(Cc3ccccc3)C1=O)OCO2. The molecular weight excluding hydrogens is 366 g/mol. The van der Waals surface area contributed by atoms with Gasteiger partial charge in [0, 0.05) is 11.6 Å². The smallest absolute Gasteiger partial charge is 0.293 e. The Labute approximate surface area is 160 Å². The lowest BCUT2D eigenvalue weighted by Crippen LogP contribution is -2.27. The van der Waals surface area contributed by atoms with Crippen LogP contribution in [0, 0.1) is 0 Å². The Morgan fingerprint density at radius 2 is 1.89 bits per heavy atom. The first-order chi connectivity index (χ1) is 13.2. The fourth-order valence-electron chi connectivity index (χ4n) is 2.88. The summed E-state index contributed by atoms with van der Waals surface area (Å²) in [6.45, 7) is 2.75. The zero-order chi connectivity index (χ0) is 18.8. The zero-order valence-electron chi connectivity index (χ0n) is 14.6. The topological polar surface area (TPSA) is 65.1 Å². The molecule has 0 bridgehead atoms. The number of carbonyl (C=O) groups is 2. The number of hydrogen-bond donors (Lipinski definition) is 0. The molecule has 0 atom stereocenters. The summed E-state index contributed by atoms with van der Waals surface area (Å²) in [5, 5.41) is -0.284. The molecule has 2 amide bonds. The van der Waals surface area contributed by atoms with Gasteiger partial charge in [-0.25, -0.2) is 0 Å². The molecule has 2 aromatic rings. The molecule has 2 heterocycles. The molecule has 27 heavy (non-hydrogen) atoms. The van der Waals surface area contributed by atoms with Crippen LogP contribution < -0.4 is 14.2 Å². The van der Waals surface area contributed by atoms with Crippen LogP contribution in [0.3, 0.4) is 0 Å². The van der Waals surface area contributed by atoms with Gasteiger partial charge in [0.05, 0.1) is 18.1 Å². The second-order valence-electron chi connectivity index (χ2n) is 5.93. The first-order valence-electron chi connectivity index (χ1n) is 8.51. The largest absolute Gasteiger partial charge is 0.493 e. The Hall–Kier alpha value is -2.93. The summed E-state index contributed by atoms with van der Waals surface area (Å²) in [5.41, 5.74) is 1.57. The lowest BCUT2D eigenvalue weighted by Gasteiger charge is -2.12. The summed E-state index contributed by atoms with van der Waals surface area (Å²) in [4.78, 5) is 26.7. The second-order valence-corrected chi connectivity index (χ2v) is 6.92. The van der Waals surface area contributed by atoms with Crippen molar-refractivity contribution in [3.05, 3.63) is 58.5 Å². The maximum Gasteiger partial charge on any atom is 0.293 e. The molecule has 1 fully saturated rings. The molecule has 1 saturated heterocycles. The highest BCUT2D eigenvalue weighted by molar-refractivity contribution is 8.18. The first-order valence-corrected chi connectivity index (χ1v) is 9.33. The van der Waals surface area contributed by atoms with E-state index in [1.165, 1.54) is 4.90 Å². The zero-order valence-corrected chi connectivity index (χ0v) is 15.5. The van der Waals surface area contributed by atoms with Gasteiger partial charge in [0.15, 0.2) is 11.5 Å². The minimum atomic E-state index is -0.311. The summed E-state index contributed by atoms with van der Waals surface area (Å²) in [6, 6.07) is 12.9. The molecule has 7 heteroatoms. The summed E-state index contributed by atoms with van der Waals surface area (Å²) >= 11 is 0.927. The summed E-state index contributed by atoms with van der Waals surface area (Å²) in [6.07, 6.45) is 1.67. The van der Waals surface area contributed by atoms with Crippen molar-refractivity contribution in [1.29, 1.82) is 0 Å². The number of thioether (sulfide) groups is 1. The van der Waals surface area contributed by atoms with Crippen molar-refractivity contribution in [2.75, 3.05) is 13.4 Å². The van der Waals surface area contributed by atoms with Gasteiger partial charge in [-0.1, -0.05) is 30.3 Å². The van der Waals surface area contributed by atoms with Gasteiger partial charge in [-0.3, -0.25) is 14.5 Å². The van der Waals surface area contributed by atoms with E-state index in [9.17, 15) is 9.59 Å².